The van der Waals surface area contributed by atoms with E-state index in [1.165, 1.54) is 0 Å². The van der Waals surface area contributed by atoms with Crippen LogP contribution >= 0.6 is 0 Å². The second kappa shape index (κ2) is 6.46. The molecule has 0 aliphatic heterocycles. The van der Waals surface area contributed by atoms with Gasteiger partial charge >= 0.3 is 0 Å². The van der Waals surface area contributed by atoms with E-state index in [4.69, 9.17) is 10.6 Å². The highest BCUT2D eigenvalue weighted by atomic mass is 16.5. The molecule has 0 bridgehead atoms. The minimum absolute atomic E-state index is 0.106. The predicted octanol–water partition coefficient (Wildman–Crippen LogP) is 2.32. The van der Waals surface area contributed by atoms with Gasteiger partial charge in [0.1, 0.15) is 0 Å². The zero-order valence-electron chi connectivity index (χ0n) is 11.1. The van der Waals surface area contributed by atoms with Crippen molar-refractivity contribution in [2.75, 3.05) is 7.11 Å². The largest absolute Gasteiger partial charge is 0.379 e. The van der Waals surface area contributed by atoms with Crippen LogP contribution in [0.25, 0.3) is 0 Å². The zero-order valence-corrected chi connectivity index (χ0v) is 11.1. The van der Waals surface area contributed by atoms with E-state index in [0.717, 1.165) is 12.8 Å². The third kappa shape index (κ3) is 4.09. The first-order chi connectivity index (χ1) is 6.92. The molecule has 0 aromatic carbocycles. The van der Waals surface area contributed by atoms with Gasteiger partial charge in [-0.15, -0.1) is 0 Å². The Kier molecular flexibility index (Phi) is 6.41. The van der Waals surface area contributed by atoms with Crippen LogP contribution in [0.1, 0.15) is 47.5 Å². The molecule has 0 radical (unpaired) electrons. The van der Waals surface area contributed by atoms with E-state index >= 15 is 0 Å². The van der Waals surface area contributed by atoms with Gasteiger partial charge in [0.05, 0.1) is 12.1 Å². The van der Waals surface area contributed by atoms with Crippen molar-refractivity contribution in [2.45, 2.75) is 59.6 Å². The molecule has 0 amide bonds. The van der Waals surface area contributed by atoms with Crippen LogP contribution in [0.3, 0.4) is 0 Å². The molecule has 0 spiro atoms. The number of rotatable bonds is 6. The van der Waals surface area contributed by atoms with Crippen molar-refractivity contribution in [3.05, 3.63) is 0 Å². The molecule has 0 fully saturated rings. The van der Waals surface area contributed by atoms with Crippen LogP contribution in [0.15, 0.2) is 0 Å². The number of hydrazine groups is 1. The molecule has 3 heteroatoms. The third-order valence-electron chi connectivity index (χ3n) is 3.18. The number of methoxy groups -OCH3 is 1. The smallest absolute Gasteiger partial charge is 0.0788 e. The number of nitrogens with one attached hydrogen (secondary N) is 1. The highest BCUT2D eigenvalue weighted by Crippen LogP contribution is 2.29. The number of hydrogen-bond donors (Lipinski definition) is 2. The summed E-state index contributed by atoms with van der Waals surface area (Å²) in [6.45, 7) is 11.0. The minimum Gasteiger partial charge on any atom is -0.379 e. The molecule has 0 aromatic rings. The summed E-state index contributed by atoms with van der Waals surface area (Å²) in [6.07, 6.45) is 2.40. The van der Waals surface area contributed by atoms with Crippen molar-refractivity contribution in [3.63, 3.8) is 0 Å². The fraction of sp³-hybridized carbons (Fsp3) is 1.00. The van der Waals surface area contributed by atoms with Crippen LogP contribution < -0.4 is 11.3 Å². The van der Waals surface area contributed by atoms with Crippen molar-refractivity contribution in [1.82, 2.24) is 5.43 Å². The van der Waals surface area contributed by atoms with Gasteiger partial charge in [-0.2, -0.15) is 0 Å². The van der Waals surface area contributed by atoms with Crippen LogP contribution in [0, 0.1) is 11.3 Å². The van der Waals surface area contributed by atoms with Crippen molar-refractivity contribution < 1.29 is 4.74 Å². The van der Waals surface area contributed by atoms with Gasteiger partial charge in [-0.25, -0.2) is 0 Å². The van der Waals surface area contributed by atoms with Gasteiger partial charge in [0.15, 0.2) is 0 Å². The van der Waals surface area contributed by atoms with Gasteiger partial charge < -0.3 is 4.74 Å². The maximum Gasteiger partial charge on any atom is 0.0788 e. The molecule has 0 heterocycles. The van der Waals surface area contributed by atoms with E-state index < -0.39 is 0 Å². The van der Waals surface area contributed by atoms with E-state index in [2.05, 4.69) is 40.0 Å². The molecule has 2 atom stereocenters. The lowest BCUT2D eigenvalue weighted by Crippen LogP contribution is -2.54. The van der Waals surface area contributed by atoms with Gasteiger partial charge in [-0.3, -0.25) is 11.3 Å². The molecular weight excluding hydrogens is 188 g/mol. The maximum absolute atomic E-state index is 5.67. The molecule has 0 saturated heterocycles. The summed E-state index contributed by atoms with van der Waals surface area (Å²) < 4.78 is 5.61. The Hall–Kier alpha value is -0.120. The Labute approximate surface area is 94.7 Å². The monoisotopic (exact) mass is 216 g/mol. The van der Waals surface area contributed by atoms with E-state index in [-0.39, 0.29) is 17.6 Å². The van der Waals surface area contributed by atoms with Crippen LogP contribution in [0.4, 0.5) is 0 Å². The predicted molar refractivity (Wildman–Crippen MR) is 65.4 cm³/mol. The number of nitrogens with two attached hydrogens (primary N) is 1. The molecule has 3 N–H and O–H groups in total. The molecule has 92 valence electrons. The lowest BCUT2D eigenvalue weighted by atomic mass is 9.78. The zero-order chi connectivity index (χ0) is 12.1. The fourth-order valence-electron chi connectivity index (χ4n) is 2.31. The lowest BCUT2D eigenvalue weighted by molar-refractivity contribution is -0.0276. The normalized spacial score (nSPS) is 16.8. The van der Waals surface area contributed by atoms with Gasteiger partial charge in [0.25, 0.3) is 0 Å². The van der Waals surface area contributed by atoms with Crippen molar-refractivity contribution in [3.8, 4) is 0 Å². The van der Waals surface area contributed by atoms with Crippen LogP contribution in [0.2, 0.25) is 0 Å². The minimum atomic E-state index is 0.106. The van der Waals surface area contributed by atoms with Gasteiger partial charge in [-0.1, -0.05) is 47.5 Å². The molecule has 2 unspecified atom stereocenters. The summed E-state index contributed by atoms with van der Waals surface area (Å²) in [5.41, 5.74) is 3.04. The fourth-order valence-corrected chi connectivity index (χ4v) is 2.31. The third-order valence-corrected chi connectivity index (χ3v) is 3.18. The molecule has 0 aromatic heterocycles. The maximum atomic E-state index is 5.67. The first-order valence-corrected chi connectivity index (χ1v) is 5.91. The molecule has 0 saturated carbocycles. The van der Waals surface area contributed by atoms with Crippen LogP contribution in [-0.2, 0) is 4.74 Å². The first-order valence-electron chi connectivity index (χ1n) is 5.91. The van der Waals surface area contributed by atoms with Crippen molar-refractivity contribution >= 4 is 0 Å². The average molecular weight is 216 g/mol. The second-order valence-corrected chi connectivity index (χ2v) is 5.29. The summed E-state index contributed by atoms with van der Waals surface area (Å²) in [6, 6.07) is 0.227. The van der Waals surface area contributed by atoms with E-state index in [0.29, 0.717) is 5.92 Å². The molecule has 0 aliphatic carbocycles. The number of ether oxygens (including phenoxy) is 1. The summed E-state index contributed by atoms with van der Waals surface area (Å²) in [4.78, 5) is 0. The molecule has 0 rings (SSSR count). The Bertz CT molecular complexity index is 161. The van der Waals surface area contributed by atoms with Crippen molar-refractivity contribution in [1.29, 1.82) is 0 Å². The second-order valence-electron chi connectivity index (χ2n) is 5.29. The standard InChI is InChI=1S/C12H28N2O/c1-7-9(8-2)10(14-13)11(15-6)12(3,4)5/h9-11,14H,7-8,13H2,1-6H3. The van der Waals surface area contributed by atoms with Gasteiger partial charge in [0, 0.05) is 7.11 Å². The summed E-state index contributed by atoms with van der Waals surface area (Å²) >= 11 is 0. The summed E-state index contributed by atoms with van der Waals surface area (Å²) in [5.74, 6) is 6.24. The van der Waals surface area contributed by atoms with Crippen LogP contribution in [0.5, 0.6) is 0 Å². The Balaban J connectivity index is 4.74. The topological polar surface area (TPSA) is 47.3 Å². The number of hydrogen-bond acceptors (Lipinski definition) is 3. The lowest BCUT2D eigenvalue weighted by Gasteiger charge is -2.39. The Morgan fingerprint density at radius 1 is 1.20 bits per heavy atom. The highest BCUT2D eigenvalue weighted by molar-refractivity contribution is 4.88. The Morgan fingerprint density at radius 3 is 1.87 bits per heavy atom. The SMILES string of the molecule is CCC(CC)C(NN)C(OC)C(C)(C)C. The molecule has 15 heavy (non-hydrogen) atoms. The highest BCUT2D eigenvalue weighted by Gasteiger charge is 2.35. The summed E-state index contributed by atoms with van der Waals surface area (Å²) in [5, 5.41) is 0. The van der Waals surface area contributed by atoms with Crippen molar-refractivity contribution in [2.24, 2.45) is 17.2 Å². The quantitative estimate of drug-likeness (QED) is 0.529. The van der Waals surface area contributed by atoms with Gasteiger partial charge in [-0.05, 0) is 11.3 Å². The average Bonchev–Trinajstić information content (AvgIpc) is 2.16. The van der Waals surface area contributed by atoms with Crippen LogP contribution in [-0.4, -0.2) is 19.3 Å². The summed E-state index contributed by atoms with van der Waals surface area (Å²) in [7, 11) is 1.77. The molecular formula is C12H28N2O. The Morgan fingerprint density at radius 2 is 1.67 bits per heavy atom. The molecule has 0 aliphatic rings. The molecule has 3 nitrogen and oxygen atoms in total. The first kappa shape index (κ1) is 14.9. The van der Waals surface area contributed by atoms with E-state index in [1.807, 2.05) is 0 Å². The van der Waals surface area contributed by atoms with E-state index in [9.17, 15) is 0 Å². The van der Waals surface area contributed by atoms with E-state index in [1.54, 1.807) is 7.11 Å². The van der Waals surface area contributed by atoms with Gasteiger partial charge in [0.2, 0.25) is 0 Å².